The van der Waals surface area contributed by atoms with E-state index in [9.17, 15) is 4.39 Å². The minimum absolute atomic E-state index is 0.277. The Morgan fingerprint density at radius 3 is 2.74 bits per heavy atom. The van der Waals surface area contributed by atoms with E-state index in [0.717, 1.165) is 20.3 Å². The van der Waals surface area contributed by atoms with Crippen LogP contribution in [0, 0.1) is 9.39 Å². The first-order chi connectivity index (χ1) is 9.20. The van der Waals surface area contributed by atoms with Gasteiger partial charge in [-0.1, -0.05) is 12.1 Å². The normalized spacial score (nSPS) is 11.1. The van der Waals surface area contributed by atoms with E-state index in [4.69, 9.17) is 11.6 Å². The molecule has 0 atom stereocenters. The van der Waals surface area contributed by atoms with E-state index in [1.165, 1.54) is 12.1 Å². The van der Waals surface area contributed by atoms with E-state index in [-0.39, 0.29) is 11.7 Å². The summed E-state index contributed by atoms with van der Waals surface area (Å²) in [5.74, 6) is 0.716. The molecule has 0 saturated carbocycles. The summed E-state index contributed by atoms with van der Waals surface area (Å²) in [5, 5.41) is 0. The number of aromatic nitrogens is 2. The molecule has 5 heteroatoms. The highest BCUT2D eigenvalue weighted by molar-refractivity contribution is 14.1. The van der Waals surface area contributed by atoms with E-state index < -0.39 is 0 Å². The fraction of sp³-hybridized carbons (Fsp3) is 0.0714. The highest BCUT2D eigenvalue weighted by Gasteiger charge is 2.14. The van der Waals surface area contributed by atoms with Crippen LogP contribution in [0.5, 0.6) is 0 Å². The molecule has 2 aromatic carbocycles. The molecule has 0 spiro atoms. The van der Waals surface area contributed by atoms with E-state index in [0.29, 0.717) is 5.82 Å². The van der Waals surface area contributed by atoms with Gasteiger partial charge in [-0.2, -0.15) is 0 Å². The number of hydrogen-bond acceptors (Lipinski definition) is 1. The summed E-state index contributed by atoms with van der Waals surface area (Å²) >= 11 is 8.22. The van der Waals surface area contributed by atoms with Crippen LogP contribution in [-0.4, -0.2) is 9.55 Å². The zero-order valence-electron chi connectivity index (χ0n) is 9.78. The fourth-order valence-corrected chi connectivity index (χ4v) is 2.90. The third-order valence-electron chi connectivity index (χ3n) is 2.90. The highest BCUT2D eigenvalue weighted by Crippen LogP contribution is 2.26. The lowest BCUT2D eigenvalue weighted by Gasteiger charge is -2.09. The molecular formula is C14H9ClFIN2. The Kier molecular flexibility index (Phi) is 3.45. The molecule has 0 fully saturated rings. The third-order valence-corrected chi connectivity index (χ3v) is 4.05. The van der Waals surface area contributed by atoms with Crippen LogP contribution < -0.4 is 0 Å². The first-order valence-corrected chi connectivity index (χ1v) is 7.30. The number of imidazole rings is 1. The summed E-state index contributed by atoms with van der Waals surface area (Å²) in [7, 11) is 0. The van der Waals surface area contributed by atoms with Gasteiger partial charge < -0.3 is 0 Å². The predicted molar refractivity (Wildman–Crippen MR) is 83.3 cm³/mol. The van der Waals surface area contributed by atoms with Gasteiger partial charge in [0.25, 0.3) is 0 Å². The van der Waals surface area contributed by atoms with Crippen LogP contribution in [-0.2, 0) is 5.88 Å². The quantitative estimate of drug-likeness (QED) is 0.468. The fourth-order valence-electron chi connectivity index (χ4n) is 2.09. The average Bonchev–Trinajstić information content (AvgIpc) is 2.77. The molecule has 0 amide bonds. The van der Waals surface area contributed by atoms with Gasteiger partial charge in [-0.3, -0.25) is 4.57 Å². The van der Waals surface area contributed by atoms with Crippen molar-refractivity contribution in [1.29, 1.82) is 0 Å². The molecule has 0 bridgehead atoms. The molecule has 0 saturated heterocycles. The molecule has 96 valence electrons. The van der Waals surface area contributed by atoms with Crippen molar-refractivity contribution >= 4 is 45.2 Å². The van der Waals surface area contributed by atoms with Crippen molar-refractivity contribution in [3.63, 3.8) is 0 Å². The summed E-state index contributed by atoms with van der Waals surface area (Å²) in [6.45, 7) is 0. The average molecular weight is 387 g/mol. The predicted octanol–water partition coefficient (Wildman–Crippen LogP) is 4.51. The van der Waals surface area contributed by atoms with Gasteiger partial charge in [-0.25, -0.2) is 9.37 Å². The Morgan fingerprint density at radius 2 is 2.00 bits per heavy atom. The smallest absolute Gasteiger partial charge is 0.129 e. The zero-order valence-corrected chi connectivity index (χ0v) is 12.7. The monoisotopic (exact) mass is 386 g/mol. The van der Waals surface area contributed by atoms with Gasteiger partial charge in [0.15, 0.2) is 0 Å². The first kappa shape index (κ1) is 12.9. The Labute approximate surface area is 128 Å². The van der Waals surface area contributed by atoms with Gasteiger partial charge in [0.2, 0.25) is 0 Å². The number of benzene rings is 2. The molecule has 0 radical (unpaired) electrons. The maximum atomic E-state index is 13.5. The van der Waals surface area contributed by atoms with Gasteiger partial charge in [0.05, 0.1) is 22.6 Å². The van der Waals surface area contributed by atoms with Crippen LogP contribution >= 0.6 is 34.2 Å². The molecule has 0 aliphatic heterocycles. The summed E-state index contributed by atoms with van der Waals surface area (Å²) in [6, 6.07) is 12.5. The molecule has 2 nitrogen and oxygen atoms in total. The van der Waals surface area contributed by atoms with Crippen molar-refractivity contribution in [2.45, 2.75) is 5.88 Å². The molecule has 0 unspecified atom stereocenters. The van der Waals surface area contributed by atoms with E-state index in [2.05, 4.69) is 27.6 Å². The summed E-state index contributed by atoms with van der Waals surface area (Å²) in [5.41, 5.74) is 2.45. The van der Waals surface area contributed by atoms with Crippen molar-refractivity contribution in [3.05, 3.63) is 57.7 Å². The lowest BCUT2D eigenvalue weighted by molar-refractivity contribution is 0.629. The lowest BCUT2D eigenvalue weighted by Crippen LogP contribution is -2.01. The second kappa shape index (κ2) is 5.09. The number of hydrogen-bond donors (Lipinski definition) is 0. The van der Waals surface area contributed by atoms with Crippen LogP contribution in [0.2, 0.25) is 0 Å². The van der Waals surface area contributed by atoms with Gasteiger partial charge in [-0.15, -0.1) is 11.6 Å². The maximum Gasteiger partial charge on any atom is 0.129 e. The van der Waals surface area contributed by atoms with E-state index in [1.54, 1.807) is 6.07 Å². The summed E-state index contributed by atoms with van der Waals surface area (Å²) < 4.78 is 16.4. The molecule has 0 aliphatic carbocycles. The van der Waals surface area contributed by atoms with Crippen molar-refractivity contribution < 1.29 is 4.39 Å². The molecule has 1 aromatic heterocycles. The van der Waals surface area contributed by atoms with Gasteiger partial charge in [0, 0.05) is 9.64 Å². The highest BCUT2D eigenvalue weighted by atomic mass is 127. The van der Waals surface area contributed by atoms with Crippen LogP contribution in [0.3, 0.4) is 0 Å². The van der Waals surface area contributed by atoms with E-state index in [1.807, 2.05) is 28.8 Å². The summed E-state index contributed by atoms with van der Waals surface area (Å²) in [4.78, 5) is 4.45. The molecule has 0 N–H and O–H groups in total. The number of fused-ring (bicyclic) bond motifs is 1. The molecule has 0 aliphatic rings. The molecular weight excluding hydrogens is 378 g/mol. The molecule has 19 heavy (non-hydrogen) atoms. The van der Waals surface area contributed by atoms with Crippen molar-refractivity contribution in [1.82, 2.24) is 9.55 Å². The van der Waals surface area contributed by atoms with Gasteiger partial charge in [0.1, 0.15) is 11.6 Å². The Hall–Kier alpha value is -1.14. The molecule has 3 rings (SSSR count). The summed E-state index contributed by atoms with van der Waals surface area (Å²) in [6.07, 6.45) is 0. The zero-order chi connectivity index (χ0) is 13.4. The number of para-hydroxylation sites is 1. The molecule has 1 heterocycles. The molecule has 3 aromatic rings. The first-order valence-electron chi connectivity index (χ1n) is 5.68. The second-order valence-electron chi connectivity index (χ2n) is 4.08. The Bertz CT molecular complexity index is 754. The number of nitrogens with zero attached hydrogens (tertiary/aromatic N) is 2. The lowest BCUT2D eigenvalue weighted by atomic mass is 10.2. The van der Waals surface area contributed by atoms with Crippen LogP contribution in [0.15, 0.2) is 42.5 Å². The number of alkyl halides is 1. The maximum absolute atomic E-state index is 13.5. The third kappa shape index (κ3) is 2.23. The Balaban J connectivity index is 2.38. The minimum atomic E-state index is -0.277. The number of halogens is 3. The second-order valence-corrected chi connectivity index (χ2v) is 5.51. The van der Waals surface area contributed by atoms with E-state index >= 15 is 0 Å². The standard InChI is InChI=1S/C14H9ClFIN2/c15-8-14-18-11-6-5-9(16)7-13(11)19(14)12-4-2-1-3-10(12)17/h1-7H,8H2. The van der Waals surface area contributed by atoms with Crippen molar-refractivity contribution in [3.8, 4) is 5.69 Å². The minimum Gasteiger partial charge on any atom is -0.294 e. The van der Waals surface area contributed by atoms with Crippen LogP contribution in [0.25, 0.3) is 16.7 Å². The van der Waals surface area contributed by atoms with Crippen molar-refractivity contribution in [2.75, 3.05) is 0 Å². The van der Waals surface area contributed by atoms with Crippen LogP contribution in [0.4, 0.5) is 4.39 Å². The van der Waals surface area contributed by atoms with Gasteiger partial charge in [-0.05, 0) is 46.9 Å². The largest absolute Gasteiger partial charge is 0.294 e. The SMILES string of the molecule is Fc1ccc2nc(CCl)n(-c3ccccc3I)c2c1. The van der Waals surface area contributed by atoms with Crippen LogP contribution in [0.1, 0.15) is 5.82 Å². The topological polar surface area (TPSA) is 17.8 Å². The van der Waals surface area contributed by atoms with Gasteiger partial charge >= 0.3 is 0 Å². The Morgan fingerprint density at radius 1 is 1.21 bits per heavy atom. The van der Waals surface area contributed by atoms with Crippen molar-refractivity contribution in [2.24, 2.45) is 0 Å². The number of rotatable bonds is 2.